The molecule has 114 valence electrons. The third-order valence-electron chi connectivity index (χ3n) is 4.68. The van der Waals surface area contributed by atoms with Gasteiger partial charge in [0.2, 0.25) is 0 Å². The van der Waals surface area contributed by atoms with Crippen LogP contribution in [0.2, 0.25) is 0 Å². The van der Waals surface area contributed by atoms with E-state index in [1.54, 1.807) is 20.8 Å². The van der Waals surface area contributed by atoms with Crippen molar-refractivity contribution >= 4 is 9.84 Å². The first-order valence-corrected chi connectivity index (χ1v) is 9.27. The second-order valence-electron chi connectivity index (χ2n) is 7.04. The van der Waals surface area contributed by atoms with Crippen LogP contribution in [-0.2, 0) is 9.84 Å². The van der Waals surface area contributed by atoms with Gasteiger partial charge in [-0.05, 0) is 58.3 Å². The Morgan fingerprint density at radius 2 is 1.63 bits per heavy atom. The van der Waals surface area contributed by atoms with Crippen LogP contribution < -0.4 is 5.32 Å². The van der Waals surface area contributed by atoms with Crippen LogP contribution >= 0.6 is 0 Å². The summed E-state index contributed by atoms with van der Waals surface area (Å²) in [6.07, 6.45) is 5.43. The summed E-state index contributed by atoms with van der Waals surface area (Å²) >= 11 is 0. The van der Waals surface area contributed by atoms with Crippen molar-refractivity contribution in [3.05, 3.63) is 0 Å². The van der Waals surface area contributed by atoms with Crippen LogP contribution in [0.1, 0.15) is 66.7 Å². The highest BCUT2D eigenvalue weighted by molar-refractivity contribution is 7.92. The Morgan fingerprint density at radius 1 is 1.11 bits per heavy atom. The minimum absolute atomic E-state index is 0.140. The summed E-state index contributed by atoms with van der Waals surface area (Å²) in [5.41, 5.74) is 0.140. The number of hydrogen-bond acceptors (Lipinski definition) is 3. The molecular formula is C15H31NO2S. The van der Waals surface area contributed by atoms with E-state index < -0.39 is 14.6 Å². The van der Waals surface area contributed by atoms with E-state index in [0.29, 0.717) is 11.8 Å². The van der Waals surface area contributed by atoms with E-state index >= 15 is 0 Å². The van der Waals surface area contributed by atoms with Crippen molar-refractivity contribution in [3.63, 3.8) is 0 Å². The molecule has 1 fully saturated rings. The Kier molecular flexibility index (Phi) is 5.47. The Balaban J connectivity index is 2.62. The molecule has 3 nitrogen and oxygen atoms in total. The molecule has 4 heteroatoms. The third-order valence-corrected chi connectivity index (χ3v) is 7.28. The molecule has 0 bridgehead atoms. The molecule has 0 atom stereocenters. The normalized spacial score (nSPS) is 17.7. The second kappa shape index (κ2) is 6.13. The first kappa shape index (κ1) is 17.0. The van der Waals surface area contributed by atoms with Crippen LogP contribution in [0.4, 0.5) is 0 Å². The Morgan fingerprint density at radius 3 is 2.00 bits per heavy atom. The summed E-state index contributed by atoms with van der Waals surface area (Å²) in [7, 11) is -3.00. The van der Waals surface area contributed by atoms with Crippen molar-refractivity contribution in [2.75, 3.05) is 12.3 Å². The van der Waals surface area contributed by atoms with Gasteiger partial charge in [0.1, 0.15) is 0 Å². The van der Waals surface area contributed by atoms with E-state index in [1.807, 2.05) is 0 Å². The molecule has 0 aliphatic heterocycles. The van der Waals surface area contributed by atoms with Crippen LogP contribution in [-0.4, -0.2) is 31.5 Å². The van der Waals surface area contributed by atoms with Gasteiger partial charge in [-0.15, -0.1) is 0 Å². The Hall–Kier alpha value is -0.0900. The van der Waals surface area contributed by atoms with E-state index in [2.05, 4.69) is 19.2 Å². The van der Waals surface area contributed by atoms with Crippen molar-refractivity contribution in [2.24, 2.45) is 5.41 Å². The highest BCUT2D eigenvalue weighted by Gasteiger charge is 2.34. The van der Waals surface area contributed by atoms with Crippen molar-refractivity contribution in [3.8, 4) is 0 Å². The van der Waals surface area contributed by atoms with Gasteiger partial charge in [0, 0.05) is 12.6 Å². The molecule has 1 aliphatic carbocycles. The predicted molar refractivity (Wildman–Crippen MR) is 82.2 cm³/mol. The first-order valence-electron chi connectivity index (χ1n) is 7.61. The minimum atomic E-state index is -3.00. The van der Waals surface area contributed by atoms with Gasteiger partial charge in [-0.2, -0.15) is 0 Å². The van der Waals surface area contributed by atoms with Gasteiger partial charge >= 0.3 is 0 Å². The molecule has 0 spiro atoms. The zero-order valence-corrected chi connectivity index (χ0v) is 14.1. The summed E-state index contributed by atoms with van der Waals surface area (Å²) in [6, 6.07) is 0.691. The molecule has 1 N–H and O–H groups in total. The average molecular weight is 289 g/mol. The number of rotatable bonds is 8. The minimum Gasteiger partial charge on any atom is -0.313 e. The SMILES string of the molecule is CCC(CC)(CCS(=O)(=O)C(C)(C)C)CNC1CC1. The van der Waals surface area contributed by atoms with E-state index in [0.717, 1.165) is 25.8 Å². The van der Waals surface area contributed by atoms with E-state index in [9.17, 15) is 8.42 Å². The van der Waals surface area contributed by atoms with Crippen molar-refractivity contribution < 1.29 is 8.42 Å². The maximum atomic E-state index is 12.3. The molecule has 0 heterocycles. The van der Waals surface area contributed by atoms with Gasteiger partial charge in [-0.1, -0.05) is 13.8 Å². The van der Waals surface area contributed by atoms with Crippen molar-refractivity contribution in [1.82, 2.24) is 5.32 Å². The van der Waals surface area contributed by atoms with E-state index in [-0.39, 0.29) is 5.41 Å². The van der Waals surface area contributed by atoms with Crippen LogP contribution in [0.25, 0.3) is 0 Å². The lowest BCUT2D eigenvalue weighted by Gasteiger charge is -2.33. The van der Waals surface area contributed by atoms with Crippen LogP contribution in [0.15, 0.2) is 0 Å². The molecule has 19 heavy (non-hydrogen) atoms. The maximum absolute atomic E-state index is 12.3. The zero-order valence-electron chi connectivity index (χ0n) is 13.3. The van der Waals surface area contributed by atoms with Crippen molar-refractivity contribution in [1.29, 1.82) is 0 Å². The fourth-order valence-corrected chi connectivity index (χ4v) is 3.56. The molecule has 0 aromatic heterocycles. The third kappa shape index (κ3) is 4.75. The fraction of sp³-hybridized carbons (Fsp3) is 1.00. The fourth-order valence-electron chi connectivity index (χ4n) is 2.25. The summed E-state index contributed by atoms with van der Waals surface area (Å²) in [6.45, 7) is 10.7. The molecule has 0 aromatic carbocycles. The lowest BCUT2D eigenvalue weighted by Crippen LogP contribution is -2.38. The standard InChI is InChI=1S/C15H31NO2S/c1-6-15(7-2,12-16-13-8-9-13)10-11-19(17,18)14(3,4)5/h13,16H,6-12H2,1-5H3. The monoisotopic (exact) mass is 289 g/mol. The molecule has 0 amide bonds. The highest BCUT2D eigenvalue weighted by atomic mass is 32.2. The molecular weight excluding hydrogens is 258 g/mol. The molecule has 1 aliphatic rings. The topological polar surface area (TPSA) is 46.2 Å². The Bertz CT molecular complexity index is 373. The smallest absolute Gasteiger partial charge is 0.155 e. The van der Waals surface area contributed by atoms with E-state index in [1.165, 1.54) is 12.8 Å². The van der Waals surface area contributed by atoms with Gasteiger partial charge < -0.3 is 5.32 Å². The van der Waals surface area contributed by atoms with Crippen LogP contribution in [0, 0.1) is 5.41 Å². The second-order valence-corrected chi connectivity index (χ2v) is 9.91. The summed E-state index contributed by atoms with van der Waals surface area (Å²) < 4.78 is 23.9. The van der Waals surface area contributed by atoms with Gasteiger partial charge in [-0.25, -0.2) is 8.42 Å². The van der Waals surface area contributed by atoms with Gasteiger partial charge in [-0.3, -0.25) is 0 Å². The quantitative estimate of drug-likeness (QED) is 0.746. The summed E-state index contributed by atoms with van der Waals surface area (Å²) in [4.78, 5) is 0. The molecule has 1 rings (SSSR count). The maximum Gasteiger partial charge on any atom is 0.155 e. The van der Waals surface area contributed by atoms with E-state index in [4.69, 9.17) is 0 Å². The molecule has 0 radical (unpaired) electrons. The zero-order chi connectivity index (χ0) is 14.7. The largest absolute Gasteiger partial charge is 0.313 e. The van der Waals surface area contributed by atoms with Gasteiger partial charge in [0.25, 0.3) is 0 Å². The molecule has 0 unspecified atom stereocenters. The summed E-state index contributed by atoms with van der Waals surface area (Å²) in [5, 5.41) is 3.58. The molecule has 1 saturated carbocycles. The van der Waals surface area contributed by atoms with Gasteiger partial charge in [0.05, 0.1) is 10.5 Å². The van der Waals surface area contributed by atoms with Crippen LogP contribution in [0.3, 0.4) is 0 Å². The highest BCUT2D eigenvalue weighted by Crippen LogP contribution is 2.33. The summed E-state index contributed by atoms with van der Waals surface area (Å²) in [5.74, 6) is 0.310. The number of nitrogens with one attached hydrogen (secondary N) is 1. The number of hydrogen-bond donors (Lipinski definition) is 1. The van der Waals surface area contributed by atoms with Crippen molar-refractivity contribution in [2.45, 2.75) is 77.5 Å². The predicted octanol–water partition coefficient (Wildman–Crippen LogP) is 3.15. The molecule has 0 aromatic rings. The number of sulfone groups is 1. The van der Waals surface area contributed by atoms with Crippen LogP contribution in [0.5, 0.6) is 0 Å². The Labute approximate surface area is 119 Å². The molecule has 0 saturated heterocycles. The lowest BCUT2D eigenvalue weighted by molar-refractivity contribution is 0.238. The lowest BCUT2D eigenvalue weighted by atomic mass is 9.79. The average Bonchev–Trinajstić information content (AvgIpc) is 3.13. The first-order chi connectivity index (χ1) is 8.66. The van der Waals surface area contributed by atoms with Gasteiger partial charge in [0.15, 0.2) is 9.84 Å².